The molecular formula is C27H26N4O2. The van der Waals surface area contributed by atoms with Gasteiger partial charge in [0.25, 0.3) is 5.91 Å². The van der Waals surface area contributed by atoms with Crippen molar-refractivity contribution in [2.45, 2.75) is 19.9 Å². The summed E-state index contributed by atoms with van der Waals surface area (Å²) < 4.78 is 5.28. The minimum atomic E-state index is -0.164. The molecule has 1 heterocycles. The largest absolute Gasteiger partial charge is 0.497 e. The molecule has 166 valence electrons. The highest BCUT2D eigenvalue weighted by Gasteiger charge is 2.13. The Morgan fingerprint density at radius 1 is 0.939 bits per heavy atom. The number of amides is 1. The number of hydrogen-bond donors (Lipinski definition) is 2. The first-order valence-electron chi connectivity index (χ1n) is 10.7. The topological polar surface area (TPSA) is 76.1 Å². The van der Waals surface area contributed by atoms with Gasteiger partial charge in [0.15, 0.2) is 0 Å². The molecular weight excluding hydrogens is 412 g/mol. The molecule has 1 unspecified atom stereocenters. The molecule has 0 bridgehead atoms. The zero-order valence-corrected chi connectivity index (χ0v) is 18.9. The smallest absolute Gasteiger partial charge is 0.251 e. The molecule has 1 aromatic heterocycles. The summed E-state index contributed by atoms with van der Waals surface area (Å²) in [4.78, 5) is 21.6. The van der Waals surface area contributed by atoms with Crippen LogP contribution in [0.3, 0.4) is 0 Å². The Morgan fingerprint density at radius 3 is 2.58 bits per heavy atom. The predicted molar refractivity (Wildman–Crippen MR) is 131 cm³/mol. The highest BCUT2D eigenvalue weighted by Crippen LogP contribution is 2.23. The van der Waals surface area contributed by atoms with E-state index < -0.39 is 0 Å². The van der Waals surface area contributed by atoms with Crippen LogP contribution in [0.15, 0.2) is 85.2 Å². The van der Waals surface area contributed by atoms with Crippen LogP contribution in [0.2, 0.25) is 0 Å². The second kappa shape index (κ2) is 9.96. The van der Waals surface area contributed by atoms with Crippen molar-refractivity contribution in [3.05, 3.63) is 102 Å². The number of benzene rings is 3. The van der Waals surface area contributed by atoms with Crippen molar-refractivity contribution in [1.29, 1.82) is 0 Å². The van der Waals surface area contributed by atoms with Gasteiger partial charge in [0, 0.05) is 22.9 Å². The number of nitrogens with one attached hydrogen (secondary N) is 2. The zero-order chi connectivity index (χ0) is 23.2. The minimum absolute atomic E-state index is 0.155. The van der Waals surface area contributed by atoms with Crippen LogP contribution >= 0.6 is 0 Å². The molecule has 4 rings (SSSR count). The fourth-order valence-corrected chi connectivity index (χ4v) is 3.55. The summed E-state index contributed by atoms with van der Waals surface area (Å²) in [6.07, 6.45) is 1.53. The van der Waals surface area contributed by atoms with E-state index in [1.54, 1.807) is 13.2 Å². The third-order valence-corrected chi connectivity index (χ3v) is 5.32. The van der Waals surface area contributed by atoms with E-state index in [4.69, 9.17) is 4.74 Å². The number of anilines is 2. The van der Waals surface area contributed by atoms with Gasteiger partial charge >= 0.3 is 0 Å². The van der Waals surface area contributed by atoms with Gasteiger partial charge in [-0.15, -0.1) is 0 Å². The molecule has 0 fully saturated rings. The average Bonchev–Trinajstić information content (AvgIpc) is 2.84. The number of rotatable bonds is 7. The lowest BCUT2D eigenvalue weighted by Gasteiger charge is -2.16. The van der Waals surface area contributed by atoms with Crippen molar-refractivity contribution in [1.82, 2.24) is 15.3 Å². The van der Waals surface area contributed by atoms with E-state index in [2.05, 4.69) is 39.7 Å². The molecule has 0 spiro atoms. The van der Waals surface area contributed by atoms with E-state index in [-0.39, 0.29) is 11.9 Å². The lowest BCUT2D eigenvalue weighted by atomic mass is 10.1. The second-order valence-electron chi connectivity index (χ2n) is 7.84. The fourth-order valence-electron chi connectivity index (χ4n) is 3.55. The molecule has 4 aromatic rings. The van der Waals surface area contributed by atoms with E-state index >= 15 is 0 Å². The van der Waals surface area contributed by atoms with Gasteiger partial charge in [-0.3, -0.25) is 4.79 Å². The third kappa shape index (κ3) is 5.54. The number of nitrogens with zero attached hydrogens (tertiary/aromatic N) is 2. The molecule has 0 aliphatic rings. The van der Waals surface area contributed by atoms with Gasteiger partial charge in [0.2, 0.25) is 0 Å². The summed E-state index contributed by atoms with van der Waals surface area (Å²) in [5.74, 6) is 1.26. The predicted octanol–water partition coefficient (Wildman–Crippen LogP) is 5.70. The van der Waals surface area contributed by atoms with Crippen LogP contribution in [-0.4, -0.2) is 23.0 Å². The Balaban J connectivity index is 1.48. The normalized spacial score (nSPS) is 11.5. The maximum absolute atomic E-state index is 12.9. The van der Waals surface area contributed by atoms with Crippen LogP contribution in [0.25, 0.3) is 11.3 Å². The summed E-state index contributed by atoms with van der Waals surface area (Å²) in [7, 11) is 1.63. The number of ether oxygens (including phenoxy) is 1. The Morgan fingerprint density at radius 2 is 1.76 bits per heavy atom. The van der Waals surface area contributed by atoms with Gasteiger partial charge in [-0.25, -0.2) is 9.97 Å². The first-order valence-corrected chi connectivity index (χ1v) is 10.7. The summed E-state index contributed by atoms with van der Waals surface area (Å²) >= 11 is 0. The molecule has 33 heavy (non-hydrogen) atoms. The zero-order valence-electron chi connectivity index (χ0n) is 18.9. The fraction of sp³-hybridized carbons (Fsp3) is 0.148. The van der Waals surface area contributed by atoms with Crippen LogP contribution in [0.1, 0.15) is 34.5 Å². The van der Waals surface area contributed by atoms with Gasteiger partial charge < -0.3 is 15.4 Å². The Bertz CT molecular complexity index is 1270. The monoisotopic (exact) mass is 438 g/mol. The van der Waals surface area contributed by atoms with Crippen molar-refractivity contribution >= 4 is 17.4 Å². The maximum Gasteiger partial charge on any atom is 0.251 e. The average molecular weight is 439 g/mol. The van der Waals surface area contributed by atoms with Crippen LogP contribution in [-0.2, 0) is 0 Å². The lowest BCUT2D eigenvalue weighted by molar-refractivity contribution is 0.0940. The molecule has 2 N–H and O–H groups in total. The van der Waals surface area contributed by atoms with Crippen molar-refractivity contribution in [3.63, 3.8) is 0 Å². The van der Waals surface area contributed by atoms with Gasteiger partial charge in [-0.2, -0.15) is 0 Å². The molecule has 6 nitrogen and oxygen atoms in total. The summed E-state index contributed by atoms with van der Waals surface area (Å²) in [5.41, 5.74) is 5.33. The number of carbonyl (C=O) groups excluding carboxylic acids is 1. The van der Waals surface area contributed by atoms with E-state index in [0.29, 0.717) is 11.4 Å². The summed E-state index contributed by atoms with van der Waals surface area (Å²) in [5, 5.41) is 6.32. The van der Waals surface area contributed by atoms with Gasteiger partial charge in [0.05, 0.1) is 18.8 Å². The Labute approximate surface area is 193 Å². The van der Waals surface area contributed by atoms with Crippen molar-refractivity contribution < 1.29 is 9.53 Å². The Kier molecular flexibility index (Phi) is 6.64. The van der Waals surface area contributed by atoms with Crippen LogP contribution in [0.5, 0.6) is 5.75 Å². The number of methoxy groups -OCH3 is 1. The maximum atomic E-state index is 12.9. The number of aryl methyl sites for hydroxylation is 1. The van der Waals surface area contributed by atoms with Gasteiger partial charge in [-0.05, 0) is 55.8 Å². The third-order valence-electron chi connectivity index (χ3n) is 5.32. The van der Waals surface area contributed by atoms with Gasteiger partial charge in [0.1, 0.15) is 17.9 Å². The molecule has 0 aliphatic heterocycles. The molecule has 0 saturated heterocycles. The first-order chi connectivity index (χ1) is 16.0. The Hall–Kier alpha value is -4.19. The molecule has 1 amide bonds. The molecule has 0 radical (unpaired) electrons. The van der Waals surface area contributed by atoms with Gasteiger partial charge in [-0.1, -0.05) is 42.0 Å². The quantitative estimate of drug-likeness (QED) is 0.387. The molecule has 0 aliphatic carbocycles. The second-order valence-corrected chi connectivity index (χ2v) is 7.84. The molecule has 6 heteroatoms. The summed E-state index contributed by atoms with van der Waals surface area (Å²) in [6, 6.07) is 24.9. The van der Waals surface area contributed by atoms with Crippen LogP contribution < -0.4 is 15.4 Å². The van der Waals surface area contributed by atoms with E-state index in [0.717, 1.165) is 28.3 Å². The number of hydrogen-bond acceptors (Lipinski definition) is 5. The van der Waals surface area contributed by atoms with E-state index in [1.807, 2.05) is 67.6 Å². The van der Waals surface area contributed by atoms with Crippen LogP contribution in [0.4, 0.5) is 11.5 Å². The number of carbonyl (C=O) groups is 1. The highest BCUT2D eigenvalue weighted by molar-refractivity contribution is 5.95. The molecule has 0 saturated carbocycles. The lowest BCUT2D eigenvalue weighted by Crippen LogP contribution is -2.26. The van der Waals surface area contributed by atoms with Crippen molar-refractivity contribution in [2.24, 2.45) is 0 Å². The van der Waals surface area contributed by atoms with Crippen molar-refractivity contribution in [2.75, 3.05) is 12.4 Å². The number of aromatic nitrogens is 2. The molecule has 1 atom stereocenters. The SMILES string of the molecule is COc1cccc(C(C)NC(=O)c2cccc(Nc3cc(-c4cccc(C)c4)ncn3)c2)c1. The van der Waals surface area contributed by atoms with Crippen LogP contribution in [0, 0.1) is 6.92 Å². The first kappa shape index (κ1) is 22.0. The van der Waals surface area contributed by atoms with E-state index in [1.165, 1.54) is 11.9 Å². The summed E-state index contributed by atoms with van der Waals surface area (Å²) in [6.45, 7) is 4.00. The van der Waals surface area contributed by atoms with Crippen molar-refractivity contribution in [3.8, 4) is 17.0 Å². The standard InChI is InChI=1S/C27H26N4O2/c1-18-7-4-9-21(13-18)25-16-26(29-17-28-25)31-23-11-5-10-22(14-23)27(32)30-19(2)20-8-6-12-24(15-20)33-3/h4-17,19H,1-3H3,(H,30,32)(H,28,29,31). The molecule has 3 aromatic carbocycles. The minimum Gasteiger partial charge on any atom is -0.497 e. The highest BCUT2D eigenvalue weighted by atomic mass is 16.5. The van der Waals surface area contributed by atoms with E-state index in [9.17, 15) is 4.79 Å².